The maximum atomic E-state index is 13.7. The first-order chi connectivity index (χ1) is 11.4. The number of halogens is 2. The second-order valence-corrected chi connectivity index (χ2v) is 5.34. The number of hydrogen-bond donors (Lipinski definition) is 1. The number of carbonyl (C=O) groups is 2. The van der Waals surface area contributed by atoms with Gasteiger partial charge in [-0.2, -0.15) is 0 Å². The minimum atomic E-state index is -1.26. The van der Waals surface area contributed by atoms with Gasteiger partial charge >= 0.3 is 5.97 Å². The summed E-state index contributed by atoms with van der Waals surface area (Å²) < 4.78 is 31.6. The summed E-state index contributed by atoms with van der Waals surface area (Å²) in [5, 5.41) is 2.40. The molecule has 0 fully saturated rings. The molecule has 0 aliphatic rings. The highest BCUT2D eigenvalue weighted by Crippen LogP contribution is 2.13. The second kappa shape index (κ2) is 7.68. The minimum absolute atomic E-state index is 0.176. The number of hydrogen-bond acceptors (Lipinski definition) is 3. The lowest BCUT2D eigenvalue weighted by Gasteiger charge is -2.17. The maximum absolute atomic E-state index is 13.7. The molecule has 24 heavy (non-hydrogen) atoms. The zero-order chi connectivity index (χ0) is 17.7. The van der Waals surface area contributed by atoms with Crippen molar-refractivity contribution in [3.8, 4) is 0 Å². The summed E-state index contributed by atoms with van der Waals surface area (Å²) >= 11 is 0. The van der Waals surface area contributed by atoms with Crippen molar-refractivity contribution < 1.29 is 23.1 Å². The number of rotatable bonds is 5. The number of methoxy groups -OCH3 is 1. The van der Waals surface area contributed by atoms with E-state index in [-0.39, 0.29) is 6.42 Å². The molecular formula is C18H17F2NO3. The van der Waals surface area contributed by atoms with Gasteiger partial charge in [0.25, 0.3) is 5.91 Å². The molecule has 1 amide bonds. The molecular weight excluding hydrogens is 316 g/mol. The van der Waals surface area contributed by atoms with Crippen molar-refractivity contribution in [2.24, 2.45) is 0 Å². The van der Waals surface area contributed by atoms with Crippen molar-refractivity contribution in [2.45, 2.75) is 19.4 Å². The lowest BCUT2D eigenvalue weighted by Crippen LogP contribution is -2.43. The minimum Gasteiger partial charge on any atom is -0.467 e. The van der Waals surface area contributed by atoms with Crippen molar-refractivity contribution in [3.63, 3.8) is 0 Å². The molecule has 0 aliphatic carbocycles. The molecule has 2 rings (SSSR count). The van der Waals surface area contributed by atoms with Gasteiger partial charge in [-0.05, 0) is 24.6 Å². The fourth-order valence-corrected chi connectivity index (χ4v) is 2.21. The van der Waals surface area contributed by atoms with Crippen LogP contribution in [0.1, 0.15) is 21.5 Å². The molecule has 126 valence electrons. The first-order valence-electron chi connectivity index (χ1n) is 7.30. The number of carbonyl (C=O) groups excluding carboxylic acids is 2. The zero-order valence-electron chi connectivity index (χ0n) is 13.3. The summed E-state index contributed by atoms with van der Waals surface area (Å²) in [5.74, 6) is -3.93. The van der Waals surface area contributed by atoms with Crippen LogP contribution in [0.3, 0.4) is 0 Å². The Morgan fingerprint density at radius 3 is 2.42 bits per heavy atom. The average molecular weight is 333 g/mol. The normalized spacial score (nSPS) is 11.7. The third kappa shape index (κ3) is 4.16. The van der Waals surface area contributed by atoms with Gasteiger partial charge in [0.15, 0.2) is 11.6 Å². The van der Waals surface area contributed by atoms with Crippen molar-refractivity contribution in [2.75, 3.05) is 7.11 Å². The average Bonchev–Trinajstić information content (AvgIpc) is 2.57. The Morgan fingerprint density at radius 1 is 1.12 bits per heavy atom. The standard InChI is InChI=1S/C18H17F2NO3/c1-11-6-8-12(9-7-11)10-15(18(23)24-2)21-17(22)13-4-3-5-14(19)16(13)20/h3-9,15H,10H2,1-2H3,(H,21,22)/t15-/m1/s1. The molecule has 2 aromatic rings. The van der Waals surface area contributed by atoms with Crippen LogP contribution in [0.2, 0.25) is 0 Å². The SMILES string of the molecule is COC(=O)[C@@H](Cc1ccc(C)cc1)NC(=O)c1cccc(F)c1F. The molecule has 0 spiro atoms. The van der Waals surface area contributed by atoms with Crippen LogP contribution in [0.25, 0.3) is 0 Å². The van der Waals surface area contributed by atoms with Gasteiger partial charge in [-0.3, -0.25) is 4.79 Å². The summed E-state index contributed by atoms with van der Waals surface area (Å²) in [5.41, 5.74) is 1.39. The second-order valence-electron chi connectivity index (χ2n) is 5.34. The van der Waals surface area contributed by atoms with Crippen LogP contribution >= 0.6 is 0 Å². The van der Waals surface area contributed by atoms with Crippen molar-refractivity contribution in [3.05, 3.63) is 70.8 Å². The lowest BCUT2D eigenvalue weighted by molar-refractivity contribution is -0.142. The summed E-state index contributed by atoms with van der Waals surface area (Å²) in [4.78, 5) is 24.1. The van der Waals surface area contributed by atoms with Gasteiger partial charge in [-0.15, -0.1) is 0 Å². The smallest absolute Gasteiger partial charge is 0.328 e. The number of esters is 1. The molecule has 0 heterocycles. The molecule has 1 atom stereocenters. The van der Waals surface area contributed by atoms with Crippen molar-refractivity contribution >= 4 is 11.9 Å². The van der Waals surface area contributed by atoms with Gasteiger partial charge in [0.1, 0.15) is 6.04 Å². The van der Waals surface area contributed by atoms with Gasteiger partial charge in [0.2, 0.25) is 0 Å². The molecule has 1 N–H and O–H groups in total. The fraction of sp³-hybridized carbons (Fsp3) is 0.222. The Morgan fingerprint density at radius 2 is 1.79 bits per heavy atom. The highest BCUT2D eigenvalue weighted by atomic mass is 19.2. The van der Waals surface area contributed by atoms with Crippen LogP contribution in [0, 0.1) is 18.6 Å². The quantitative estimate of drug-likeness (QED) is 0.856. The third-order valence-corrected chi connectivity index (χ3v) is 3.55. The molecule has 6 heteroatoms. The first-order valence-corrected chi connectivity index (χ1v) is 7.30. The number of ether oxygens (including phenoxy) is 1. The molecule has 0 bridgehead atoms. The summed E-state index contributed by atoms with van der Waals surface area (Å²) in [6.07, 6.45) is 0.176. The van der Waals surface area contributed by atoms with E-state index in [1.165, 1.54) is 13.2 Å². The predicted molar refractivity (Wildman–Crippen MR) is 84.5 cm³/mol. The van der Waals surface area contributed by atoms with Crippen molar-refractivity contribution in [1.29, 1.82) is 0 Å². The number of benzene rings is 2. The van der Waals surface area contributed by atoms with Crippen LogP contribution in [0.5, 0.6) is 0 Å². The molecule has 0 saturated carbocycles. The first kappa shape index (κ1) is 17.6. The molecule has 0 saturated heterocycles. The van der Waals surface area contributed by atoms with E-state index in [0.29, 0.717) is 0 Å². The fourth-order valence-electron chi connectivity index (χ4n) is 2.21. The van der Waals surface area contributed by atoms with E-state index in [1.54, 1.807) is 0 Å². The lowest BCUT2D eigenvalue weighted by atomic mass is 10.0. The van der Waals surface area contributed by atoms with E-state index in [4.69, 9.17) is 0 Å². The van der Waals surface area contributed by atoms with Crippen LogP contribution in [-0.4, -0.2) is 25.0 Å². The van der Waals surface area contributed by atoms with Gasteiger partial charge in [-0.25, -0.2) is 13.6 Å². The Balaban J connectivity index is 2.19. The summed E-state index contributed by atoms with van der Waals surface area (Å²) in [6.45, 7) is 1.93. The van der Waals surface area contributed by atoms with Gasteiger partial charge in [-0.1, -0.05) is 35.9 Å². The van der Waals surface area contributed by atoms with E-state index in [0.717, 1.165) is 23.3 Å². The monoisotopic (exact) mass is 333 g/mol. The molecule has 0 unspecified atom stereocenters. The Labute approximate surface area is 138 Å². The maximum Gasteiger partial charge on any atom is 0.328 e. The van der Waals surface area contributed by atoms with Crippen LogP contribution in [-0.2, 0) is 16.0 Å². The van der Waals surface area contributed by atoms with E-state index >= 15 is 0 Å². The molecule has 4 nitrogen and oxygen atoms in total. The third-order valence-electron chi connectivity index (χ3n) is 3.55. The van der Waals surface area contributed by atoms with Crippen LogP contribution < -0.4 is 5.32 Å². The molecule has 2 aromatic carbocycles. The van der Waals surface area contributed by atoms with E-state index in [2.05, 4.69) is 10.1 Å². The van der Waals surface area contributed by atoms with Crippen LogP contribution in [0.15, 0.2) is 42.5 Å². The number of aryl methyl sites for hydroxylation is 1. The predicted octanol–water partition coefficient (Wildman–Crippen LogP) is 2.79. The molecule has 0 radical (unpaired) electrons. The highest BCUT2D eigenvalue weighted by molar-refractivity contribution is 5.97. The Bertz CT molecular complexity index is 744. The highest BCUT2D eigenvalue weighted by Gasteiger charge is 2.24. The topological polar surface area (TPSA) is 55.4 Å². The molecule has 0 aliphatic heterocycles. The van der Waals surface area contributed by atoms with E-state index < -0.39 is 35.1 Å². The number of nitrogens with one attached hydrogen (secondary N) is 1. The van der Waals surface area contributed by atoms with Gasteiger partial charge in [0, 0.05) is 6.42 Å². The van der Waals surface area contributed by atoms with E-state index in [9.17, 15) is 18.4 Å². The Hall–Kier alpha value is -2.76. The van der Waals surface area contributed by atoms with Gasteiger partial charge in [0.05, 0.1) is 12.7 Å². The largest absolute Gasteiger partial charge is 0.467 e. The van der Waals surface area contributed by atoms with Crippen molar-refractivity contribution in [1.82, 2.24) is 5.32 Å². The van der Waals surface area contributed by atoms with E-state index in [1.807, 2.05) is 31.2 Å². The summed E-state index contributed by atoms with van der Waals surface area (Å²) in [7, 11) is 1.19. The van der Waals surface area contributed by atoms with Crippen LogP contribution in [0.4, 0.5) is 8.78 Å². The summed E-state index contributed by atoms with van der Waals surface area (Å²) in [6, 6.07) is 9.66. The number of amides is 1. The Kier molecular flexibility index (Phi) is 5.63. The zero-order valence-corrected chi connectivity index (χ0v) is 13.3. The van der Waals surface area contributed by atoms with Gasteiger partial charge < -0.3 is 10.1 Å². The molecule has 0 aromatic heterocycles.